The number of non-ortho nitro benzene ring substituents is 1. The molecule has 0 aromatic heterocycles. The minimum atomic E-state index is -0.504. The second kappa shape index (κ2) is 6.95. The first-order chi connectivity index (χ1) is 10.7. The average Bonchev–Trinajstić information content (AvgIpc) is 2.46. The summed E-state index contributed by atoms with van der Waals surface area (Å²) in [6.07, 6.45) is 0.407. The van der Waals surface area contributed by atoms with Crippen molar-refractivity contribution in [1.82, 2.24) is 10.2 Å². The Morgan fingerprint density at radius 2 is 2.04 bits per heavy atom. The van der Waals surface area contributed by atoms with Crippen molar-refractivity contribution in [3.63, 3.8) is 0 Å². The van der Waals surface area contributed by atoms with Crippen LogP contribution in [-0.2, 0) is 11.2 Å². The fourth-order valence-corrected chi connectivity index (χ4v) is 2.49. The Kier molecular flexibility index (Phi) is 5.20. The molecule has 2 rings (SSSR count). The molecule has 0 bridgehead atoms. The first-order valence-corrected chi connectivity index (χ1v) is 7.69. The molecule has 7 nitrogen and oxygen atoms in total. The van der Waals surface area contributed by atoms with Crippen molar-refractivity contribution in [2.24, 2.45) is 0 Å². The van der Waals surface area contributed by atoms with Crippen LogP contribution in [0.4, 0.5) is 10.5 Å². The van der Waals surface area contributed by atoms with Gasteiger partial charge in [-0.05, 0) is 32.8 Å². The van der Waals surface area contributed by atoms with E-state index in [1.165, 1.54) is 12.1 Å². The van der Waals surface area contributed by atoms with Crippen molar-refractivity contribution in [1.29, 1.82) is 0 Å². The minimum Gasteiger partial charge on any atom is -0.444 e. The van der Waals surface area contributed by atoms with Gasteiger partial charge in [0.15, 0.2) is 0 Å². The lowest BCUT2D eigenvalue weighted by atomic mass is 10.0. The lowest BCUT2D eigenvalue weighted by molar-refractivity contribution is -0.384. The van der Waals surface area contributed by atoms with Gasteiger partial charge >= 0.3 is 6.09 Å². The summed E-state index contributed by atoms with van der Waals surface area (Å²) in [4.78, 5) is 24.1. The quantitative estimate of drug-likeness (QED) is 0.682. The van der Waals surface area contributed by atoms with E-state index >= 15 is 0 Å². The molecule has 0 saturated carbocycles. The minimum absolute atomic E-state index is 0.0840. The molecule has 1 amide bonds. The number of carbonyl (C=O) groups excluding carboxylic acids is 1. The van der Waals surface area contributed by atoms with E-state index in [9.17, 15) is 14.9 Å². The number of amides is 1. The van der Waals surface area contributed by atoms with Crippen molar-refractivity contribution < 1.29 is 14.5 Å². The molecule has 1 atom stereocenters. The Labute approximate surface area is 135 Å². The number of carbonyl (C=O) groups is 1. The van der Waals surface area contributed by atoms with Crippen molar-refractivity contribution in [2.45, 2.75) is 38.8 Å². The van der Waals surface area contributed by atoms with Gasteiger partial charge in [-0.15, -0.1) is 0 Å². The number of benzene rings is 1. The maximum Gasteiger partial charge on any atom is 0.410 e. The van der Waals surface area contributed by atoms with E-state index < -0.39 is 10.5 Å². The Bertz CT molecular complexity index is 566. The Morgan fingerprint density at radius 1 is 1.39 bits per heavy atom. The highest BCUT2D eigenvalue weighted by molar-refractivity contribution is 5.68. The zero-order chi connectivity index (χ0) is 17.0. The molecule has 0 spiro atoms. The lowest BCUT2D eigenvalue weighted by Crippen LogP contribution is -2.54. The number of nitro groups is 1. The topological polar surface area (TPSA) is 84.7 Å². The Hall–Kier alpha value is -2.15. The predicted octanol–water partition coefficient (Wildman–Crippen LogP) is 2.35. The van der Waals surface area contributed by atoms with Gasteiger partial charge in [-0.25, -0.2) is 4.79 Å². The largest absolute Gasteiger partial charge is 0.444 e. The fraction of sp³-hybridized carbons (Fsp3) is 0.562. The molecule has 0 radical (unpaired) electrons. The summed E-state index contributed by atoms with van der Waals surface area (Å²) in [5.41, 5.74) is 0.579. The van der Waals surface area contributed by atoms with Gasteiger partial charge in [0, 0.05) is 37.8 Å². The lowest BCUT2D eigenvalue weighted by Gasteiger charge is -2.35. The Morgan fingerprint density at radius 3 is 2.61 bits per heavy atom. The van der Waals surface area contributed by atoms with Crippen LogP contribution in [0.25, 0.3) is 0 Å². The summed E-state index contributed by atoms with van der Waals surface area (Å²) in [6.45, 7) is 7.43. The van der Waals surface area contributed by atoms with Crippen molar-refractivity contribution in [2.75, 3.05) is 19.6 Å². The highest BCUT2D eigenvalue weighted by Gasteiger charge is 2.27. The molecule has 1 aromatic rings. The zero-order valence-corrected chi connectivity index (χ0v) is 13.7. The van der Waals surface area contributed by atoms with Gasteiger partial charge in [0.25, 0.3) is 5.69 Å². The zero-order valence-electron chi connectivity index (χ0n) is 13.7. The van der Waals surface area contributed by atoms with Crippen LogP contribution < -0.4 is 5.32 Å². The molecule has 23 heavy (non-hydrogen) atoms. The van der Waals surface area contributed by atoms with Crippen LogP contribution in [0.3, 0.4) is 0 Å². The molecule has 1 unspecified atom stereocenters. The van der Waals surface area contributed by atoms with E-state index in [1.54, 1.807) is 17.0 Å². The van der Waals surface area contributed by atoms with E-state index in [0.29, 0.717) is 26.1 Å². The molecule has 1 heterocycles. The van der Waals surface area contributed by atoms with Crippen LogP contribution in [0, 0.1) is 10.1 Å². The molecule has 1 aromatic carbocycles. The van der Waals surface area contributed by atoms with Crippen LogP contribution >= 0.6 is 0 Å². The third-order valence-electron chi connectivity index (χ3n) is 3.54. The van der Waals surface area contributed by atoms with Crippen LogP contribution in [0.2, 0.25) is 0 Å². The summed E-state index contributed by atoms with van der Waals surface area (Å²) in [6, 6.07) is 6.63. The van der Waals surface area contributed by atoms with Crippen LogP contribution in [0.1, 0.15) is 26.3 Å². The molecule has 1 N–H and O–H groups in total. The number of nitrogens with one attached hydrogen (secondary N) is 1. The first-order valence-electron chi connectivity index (χ1n) is 7.69. The van der Waals surface area contributed by atoms with Crippen LogP contribution in [-0.4, -0.2) is 47.2 Å². The maximum atomic E-state index is 12.1. The van der Waals surface area contributed by atoms with Gasteiger partial charge < -0.3 is 15.0 Å². The summed E-state index contributed by atoms with van der Waals surface area (Å²) < 4.78 is 5.40. The molecule has 1 fully saturated rings. The van der Waals surface area contributed by atoms with Gasteiger partial charge in [-0.3, -0.25) is 10.1 Å². The maximum absolute atomic E-state index is 12.1. The number of nitrogens with zero attached hydrogens (tertiary/aromatic N) is 2. The van der Waals surface area contributed by atoms with E-state index in [1.807, 2.05) is 20.8 Å². The molecule has 1 aliphatic rings. The summed E-state index contributed by atoms with van der Waals surface area (Å²) >= 11 is 0. The molecule has 0 aliphatic carbocycles. The third-order valence-corrected chi connectivity index (χ3v) is 3.54. The number of piperazine rings is 1. The number of rotatable bonds is 3. The molecular weight excluding hydrogens is 298 g/mol. The van der Waals surface area contributed by atoms with Crippen molar-refractivity contribution in [3.8, 4) is 0 Å². The Balaban J connectivity index is 1.93. The number of ether oxygens (including phenoxy) is 1. The molecule has 1 aliphatic heterocycles. The van der Waals surface area contributed by atoms with Crippen LogP contribution in [0.15, 0.2) is 24.3 Å². The predicted molar refractivity (Wildman–Crippen MR) is 86.4 cm³/mol. The molecule has 1 saturated heterocycles. The highest BCUT2D eigenvalue weighted by Crippen LogP contribution is 2.16. The number of hydrogen-bond acceptors (Lipinski definition) is 5. The summed E-state index contributed by atoms with van der Waals surface area (Å²) in [5, 5.41) is 14.0. The van der Waals surface area contributed by atoms with E-state index in [2.05, 4.69) is 5.32 Å². The SMILES string of the molecule is CC(C)(C)OC(=O)N1CCNC(Cc2ccc([N+](=O)[O-])cc2)C1. The van der Waals surface area contributed by atoms with E-state index in [-0.39, 0.29) is 17.8 Å². The fourth-order valence-electron chi connectivity index (χ4n) is 2.49. The second-order valence-corrected chi connectivity index (χ2v) is 6.71. The van der Waals surface area contributed by atoms with E-state index in [0.717, 1.165) is 5.56 Å². The number of hydrogen-bond donors (Lipinski definition) is 1. The summed E-state index contributed by atoms with van der Waals surface area (Å²) in [7, 11) is 0. The molecule has 7 heteroatoms. The normalized spacial score (nSPS) is 18.6. The van der Waals surface area contributed by atoms with Gasteiger partial charge in [0.2, 0.25) is 0 Å². The third kappa shape index (κ3) is 5.21. The van der Waals surface area contributed by atoms with Crippen molar-refractivity contribution in [3.05, 3.63) is 39.9 Å². The van der Waals surface area contributed by atoms with Crippen LogP contribution in [0.5, 0.6) is 0 Å². The molecular formula is C16H23N3O4. The summed E-state index contributed by atoms with van der Waals surface area (Å²) in [5.74, 6) is 0. The monoisotopic (exact) mass is 321 g/mol. The highest BCUT2D eigenvalue weighted by atomic mass is 16.6. The van der Waals surface area contributed by atoms with E-state index in [4.69, 9.17) is 4.74 Å². The van der Waals surface area contributed by atoms with Gasteiger partial charge in [0.1, 0.15) is 5.60 Å². The van der Waals surface area contributed by atoms with Gasteiger partial charge in [-0.1, -0.05) is 12.1 Å². The van der Waals surface area contributed by atoms with Gasteiger partial charge in [-0.2, -0.15) is 0 Å². The average molecular weight is 321 g/mol. The smallest absolute Gasteiger partial charge is 0.410 e. The number of nitro benzene ring substituents is 1. The van der Waals surface area contributed by atoms with Crippen molar-refractivity contribution >= 4 is 11.8 Å². The van der Waals surface area contributed by atoms with Gasteiger partial charge in [0.05, 0.1) is 4.92 Å². The molecule has 126 valence electrons. The second-order valence-electron chi connectivity index (χ2n) is 6.71. The standard InChI is InChI=1S/C16H23N3O4/c1-16(2,3)23-15(20)18-9-8-17-13(11-18)10-12-4-6-14(7-5-12)19(21)22/h4-7,13,17H,8-11H2,1-3H3. The first kappa shape index (κ1) is 17.2.